The molecule has 1 aliphatic heterocycles. The van der Waals surface area contributed by atoms with E-state index in [9.17, 15) is 8.42 Å². The van der Waals surface area contributed by atoms with E-state index in [4.69, 9.17) is 4.52 Å². The second kappa shape index (κ2) is 12.5. The van der Waals surface area contributed by atoms with Gasteiger partial charge in [-0.1, -0.05) is 36.3 Å². The smallest absolute Gasteiger partial charge is 0.220 e. The second-order valence-corrected chi connectivity index (χ2v) is 9.65. The molecule has 2 heterocycles. The van der Waals surface area contributed by atoms with Crippen LogP contribution in [0.4, 0.5) is 0 Å². The number of benzene rings is 1. The Morgan fingerprint density at radius 1 is 1.22 bits per heavy atom. The van der Waals surface area contributed by atoms with Gasteiger partial charge in [-0.3, -0.25) is 4.99 Å². The van der Waals surface area contributed by atoms with Crippen molar-refractivity contribution < 1.29 is 12.9 Å². The lowest BCUT2D eigenvalue weighted by Gasteiger charge is -2.35. The summed E-state index contributed by atoms with van der Waals surface area (Å²) in [6.07, 6.45) is 1.39. The number of rotatable bonds is 8. The number of nitrogens with zero attached hydrogens (tertiary/aromatic N) is 5. The number of sulfonamides is 1. The van der Waals surface area contributed by atoms with Crippen LogP contribution in [0.15, 0.2) is 46.1 Å². The molecular weight excluding hydrogens is 543 g/mol. The summed E-state index contributed by atoms with van der Waals surface area (Å²) in [7, 11) is 0.448. The number of nitrogens with one attached hydrogen (secondary N) is 1. The fraction of sp³-hybridized carbons (Fsp3) is 0.524. The van der Waals surface area contributed by atoms with E-state index in [2.05, 4.69) is 63.5 Å². The number of halogens is 1. The molecule has 0 saturated carbocycles. The summed E-state index contributed by atoms with van der Waals surface area (Å²) in [6, 6.07) is 10.1. The van der Waals surface area contributed by atoms with Crippen LogP contribution in [-0.4, -0.2) is 80.5 Å². The molecule has 0 unspecified atom stereocenters. The highest BCUT2D eigenvalue weighted by molar-refractivity contribution is 14.0. The molecule has 1 fully saturated rings. The average molecular weight is 577 g/mol. The molecule has 0 aliphatic carbocycles. The van der Waals surface area contributed by atoms with Crippen LogP contribution in [0.3, 0.4) is 0 Å². The van der Waals surface area contributed by atoms with Crippen LogP contribution < -0.4 is 5.32 Å². The Bertz CT molecular complexity index is 960. The summed E-state index contributed by atoms with van der Waals surface area (Å²) in [5.74, 6) is 0.643. The molecule has 0 bridgehead atoms. The number of piperazine rings is 1. The minimum atomic E-state index is -3.41. The maximum absolute atomic E-state index is 12.6. The standard InChI is InChI=1S/C21H32N6O3S.HI/c1-4-25(3)16-19-7-5-6-18(14-19)15-23-21(22-2)26-9-11-27(12-10-26)31(28,29)17-20-8-13-30-24-20;/h5-8,13-14H,4,9-12,15-17H2,1-3H3,(H,22,23);1H. The van der Waals surface area contributed by atoms with E-state index in [1.165, 1.54) is 21.7 Å². The molecular formula is C21H33IN6O3S. The molecule has 1 N–H and O–H groups in total. The maximum atomic E-state index is 12.6. The molecule has 0 radical (unpaired) electrons. The summed E-state index contributed by atoms with van der Waals surface area (Å²) in [4.78, 5) is 8.75. The predicted octanol–water partition coefficient (Wildman–Crippen LogP) is 1.97. The minimum Gasteiger partial charge on any atom is -0.364 e. The molecule has 0 atom stereocenters. The molecule has 11 heteroatoms. The van der Waals surface area contributed by atoms with Crippen LogP contribution >= 0.6 is 24.0 Å². The van der Waals surface area contributed by atoms with E-state index < -0.39 is 10.0 Å². The second-order valence-electron chi connectivity index (χ2n) is 7.68. The van der Waals surface area contributed by atoms with E-state index in [0.29, 0.717) is 38.4 Å². The van der Waals surface area contributed by atoms with Crippen LogP contribution in [0.25, 0.3) is 0 Å². The maximum Gasteiger partial charge on any atom is 0.220 e. The Morgan fingerprint density at radius 2 is 1.94 bits per heavy atom. The zero-order chi connectivity index (χ0) is 22.3. The number of hydrogen-bond acceptors (Lipinski definition) is 6. The Hall–Kier alpha value is -1.70. The van der Waals surface area contributed by atoms with Gasteiger partial charge in [0.2, 0.25) is 10.0 Å². The molecule has 1 aliphatic rings. The highest BCUT2D eigenvalue weighted by Gasteiger charge is 2.28. The van der Waals surface area contributed by atoms with E-state index in [0.717, 1.165) is 19.0 Å². The number of hydrogen-bond donors (Lipinski definition) is 1. The van der Waals surface area contributed by atoms with E-state index in [-0.39, 0.29) is 29.7 Å². The number of guanidine groups is 1. The van der Waals surface area contributed by atoms with Crippen LogP contribution in [-0.2, 0) is 28.9 Å². The first-order chi connectivity index (χ1) is 14.9. The third-order valence-electron chi connectivity index (χ3n) is 5.40. The van der Waals surface area contributed by atoms with E-state index in [1.807, 2.05) is 0 Å². The third kappa shape index (κ3) is 7.42. The molecule has 1 aromatic heterocycles. The highest BCUT2D eigenvalue weighted by atomic mass is 127. The summed E-state index contributed by atoms with van der Waals surface area (Å²) < 4.78 is 31.5. The third-order valence-corrected chi connectivity index (χ3v) is 7.21. The van der Waals surface area contributed by atoms with Crippen molar-refractivity contribution in [3.8, 4) is 0 Å². The van der Waals surface area contributed by atoms with Gasteiger partial charge < -0.3 is 19.6 Å². The lowest BCUT2D eigenvalue weighted by atomic mass is 10.1. The largest absolute Gasteiger partial charge is 0.364 e. The zero-order valence-corrected chi connectivity index (χ0v) is 22.0. The lowest BCUT2D eigenvalue weighted by Crippen LogP contribution is -2.53. The number of aromatic nitrogens is 1. The molecule has 3 rings (SSSR count). The van der Waals surface area contributed by atoms with Gasteiger partial charge in [-0.05, 0) is 24.7 Å². The molecule has 1 saturated heterocycles. The first kappa shape index (κ1) is 26.6. The lowest BCUT2D eigenvalue weighted by molar-refractivity contribution is 0.259. The van der Waals surface area contributed by atoms with Crippen LogP contribution in [0.1, 0.15) is 23.7 Å². The highest BCUT2D eigenvalue weighted by Crippen LogP contribution is 2.13. The van der Waals surface area contributed by atoms with Gasteiger partial charge in [-0.25, -0.2) is 8.42 Å². The normalized spacial score (nSPS) is 15.6. The first-order valence-corrected chi connectivity index (χ1v) is 12.1. The Balaban J connectivity index is 0.00000363. The van der Waals surface area contributed by atoms with Crippen molar-refractivity contribution in [3.05, 3.63) is 53.4 Å². The average Bonchev–Trinajstić information content (AvgIpc) is 3.27. The van der Waals surface area contributed by atoms with Crippen molar-refractivity contribution in [1.82, 2.24) is 24.6 Å². The van der Waals surface area contributed by atoms with Gasteiger partial charge in [0, 0.05) is 52.4 Å². The first-order valence-electron chi connectivity index (χ1n) is 10.5. The Labute approximate surface area is 207 Å². The molecule has 9 nitrogen and oxygen atoms in total. The molecule has 32 heavy (non-hydrogen) atoms. The fourth-order valence-corrected chi connectivity index (χ4v) is 4.97. The van der Waals surface area contributed by atoms with Crippen molar-refractivity contribution in [3.63, 3.8) is 0 Å². The van der Waals surface area contributed by atoms with Crippen LogP contribution in [0, 0.1) is 0 Å². The van der Waals surface area contributed by atoms with Crippen LogP contribution in [0.2, 0.25) is 0 Å². The van der Waals surface area contributed by atoms with Gasteiger partial charge in [-0.2, -0.15) is 4.31 Å². The quantitative estimate of drug-likeness (QED) is 0.292. The predicted molar refractivity (Wildman–Crippen MR) is 136 cm³/mol. The van der Waals surface area contributed by atoms with Gasteiger partial charge in [-0.15, -0.1) is 24.0 Å². The Kier molecular flexibility index (Phi) is 10.4. The van der Waals surface area contributed by atoms with Crippen molar-refractivity contribution >= 4 is 40.0 Å². The minimum absolute atomic E-state index is 0. The summed E-state index contributed by atoms with van der Waals surface area (Å²) in [5.41, 5.74) is 2.90. The molecule has 0 spiro atoms. The van der Waals surface area contributed by atoms with Gasteiger partial charge in [0.25, 0.3) is 0 Å². The van der Waals surface area contributed by atoms with Crippen molar-refractivity contribution in [2.45, 2.75) is 25.8 Å². The zero-order valence-electron chi connectivity index (χ0n) is 18.9. The molecule has 0 amide bonds. The van der Waals surface area contributed by atoms with E-state index >= 15 is 0 Å². The molecule has 2 aromatic rings. The number of aliphatic imine (C=N–C) groups is 1. The van der Waals surface area contributed by atoms with Crippen molar-refractivity contribution in [2.75, 3.05) is 46.8 Å². The monoisotopic (exact) mass is 576 g/mol. The topological polar surface area (TPSA) is 94.3 Å². The molecule has 178 valence electrons. The Morgan fingerprint density at radius 3 is 2.56 bits per heavy atom. The summed E-state index contributed by atoms with van der Waals surface area (Å²) in [5, 5.41) is 7.12. The summed E-state index contributed by atoms with van der Waals surface area (Å²) >= 11 is 0. The van der Waals surface area contributed by atoms with Gasteiger partial charge in [0.05, 0.1) is 5.69 Å². The van der Waals surface area contributed by atoms with Gasteiger partial charge in [0.1, 0.15) is 12.0 Å². The summed E-state index contributed by atoms with van der Waals surface area (Å²) in [6.45, 7) is 6.74. The van der Waals surface area contributed by atoms with E-state index in [1.54, 1.807) is 13.1 Å². The van der Waals surface area contributed by atoms with Crippen LogP contribution in [0.5, 0.6) is 0 Å². The van der Waals surface area contributed by atoms with Crippen molar-refractivity contribution in [2.24, 2.45) is 4.99 Å². The fourth-order valence-electron chi connectivity index (χ4n) is 3.54. The van der Waals surface area contributed by atoms with Gasteiger partial charge >= 0.3 is 0 Å². The SMILES string of the molecule is CCN(C)Cc1cccc(CNC(=NC)N2CCN(S(=O)(=O)Cc3ccon3)CC2)c1.I. The van der Waals surface area contributed by atoms with Gasteiger partial charge in [0.15, 0.2) is 5.96 Å². The molecule has 1 aromatic carbocycles. The van der Waals surface area contributed by atoms with Crippen molar-refractivity contribution in [1.29, 1.82) is 0 Å².